The van der Waals surface area contributed by atoms with E-state index in [0.29, 0.717) is 18.8 Å². The van der Waals surface area contributed by atoms with Crippen LogP contribution in [0.5, 0.6) is 0 Å². The van der Waals surface area contributed by atoms with Crippen LogP contribution < -0.4 is 5.32 Å². The van der Waals surface area contributed by atoms with E-state index in [1.54, 1.807) is 4.90 Å². The molecule has 1 aliphatic rings. The van der Waals surface area contributed by atoms with E-state index < -0.39 is 11.9 Å². The largest absolute Gasteiger partial charge is 0.481 e. The number of aromatic amines is 1. The van der Waals surface area contributed by atoms with Crippen molar-refractivity contribution in [1.82, 2.24) is 20.2 Å². The predicted molar refractivity (Wildman–Crippen MR) is 89.5 cm³/mol. The number of carboxylic acid groups (broad SMARTS) is 1. The van der Waals surface area contributed by atoms with Crippen LogP contribution in [0.2, 0.25) is 0 Å². The number of carboxylic acids is 1. The van der Waals surface area contributed by atoms with Crippen molar-refractivity contribution in [2.45, 2.75) is 26.3 Å². The summed E-state index contributed by atoms with van der Waals surface area (Å²) in [6, 6.07) is 7.23. The number of rotatable bonds is 4. The number of fused-ring (bicyclic) bond motifs is 1. The second-order valence-electron chi connectivity index (χ2n) is 6.58. The van der Waals surface area contributed by atoms with Gasteiger partial charge in [0.25, 0.3) is 0 Å². The van der Waals surface area contributed by atoms with Gasteiger partial charge in [-0.1, -0.05) is 26.0 Å². The number of aliphatic carboxylic acids is 1. The lowest BCUT2D eigenvalue weighted by molar-refractivity contribution is -0.141. The first-order valence-electron chi connectivity index (χ1n) is 8.18. The molecule has 0 radical (unpaired) electrons. The number of nitrogens with zero attached hydrogens (tertiary/aromatic N) is 2. The number of amides is 2. The lowest BCUT2D eigenvalue weighted by Crippen LogP contribution is -2.42. The van der Waals surface area contributed by atoms with E-state index in [9.17, 15) is 9.59 Å². The van der Waals surface area contributed by atoms with Gasteiger partial charge in [-0.25, -0.2) is 9.78 Å². The zero-order valence-corrected chi connectivity index (χ0v) is 13.8. The Hall–Kier alpha value is -2.57. The van der Waals surface area contributed by atoms with Gasteiger partial charge in [0.1, 0.15) is 5.82 Å². The summed E-state index contributed by atoms with van der Waals surface area (Å²) in [4.78, 5) is 32.9. The van der Waals surface area contributed by atoms with Gasteiger partial charge in [-0.15, -0.1) is 0 Å². The Morgan fingerprint density at radius 3 is 2.75 bits per heavy atom. The van der Waals surface area contributed by atoms with Gasteiger partial charge in [0.05, 0.1) is 23.0 Å². The molecule has 0 saturated carbocycles. The molecular weight excluding hydrogens is 308 g/mol. The van der Waals surface area contributed by atoms with Gasteiger partial charge < -0.3 is 20.3 Å². The van der Waals surface area contributed by atoms with E-state index >= 15 is 0 Å². The number of likely N-dealkylation sites (tertiary alicyclic amines) is 1. The summed E-state index contributed by atoms with van der Waals surface area (Å²) in [6.07, 6.45) is 0.500. The summed E-state index contributed by atoms with van der Waals surface area (Å²) in [5.74, 6) is -0.455. The van der Waals surface area contributed by atoms with Gasteiger partial charge in [0.15, 0.2) is 0 Å². The standard InChI is InChI=1S/C17H22N4O3/c1-10(2)14(15-18-12-5-3-4-6-13(12)19-15)20-17(24)21-8-7-11(9-21)16(22)23/h3-6,10-11,14H,7-9H2,1-2H3,(H,18,19)(H,20,24)(H,22,23). The maximum Gasteiger partial charge on any atom is 0.318 e. The minimum atomic E-state index is -0.844. The van der Waals surface area contributed by atoms with Crippen LogP contribution in [0, 0.1) is 11.8 Å². The minimum absolute atomic E-state index is 0.146. The third kappa shape index (κ3) is 3.20. The Morgan fingerprint density at radius 2 is 2.12 bits per heavy atom. The van der Waals surface area contributed by atoms with E-state index in [2.05, 4.69) is 15.3 Å². The van der Waals surface area contributed by atoms with Crippen molar-refractivity contribution in [3.63, 3.8) is 0 Å². The van der Waals surface area contributed by atoms with Gasteiger partial charge in [0, 0.05) is 13.1 Å². The molecule has 0 aliphatic carbocycles. The fourth-order valence-electron chi connectivity index (χ4n) is 3.04. The summed E-state index contributed by atoms with van der Waals surface area (Å²) in [6.45, 7) is 4.75. The molecule has 1 aromatic heterocycles. The second-order valence-corrected chi connectivity index (χ2v) is 6.58. The van der Waals surface area contributed by atoms with Crippen molar-refractivity contribution < 1.29 is 14.7 Å². The zero-order valence-electron chi connectivity index (χ0n) is 13.8. The molecular formula is C17H22N4O3. The number of aromatic nitrogens is 2. The molecule has 2 amide bonds. The molecule has 7 nitrogen and oxygen atoms in total. The molecule has 1 fully saturated rings. The Bertz CT molecular complexity index is 722. The Labute approximate surface area is 140 Å². The Balaban J connectivity index is 1.74. The number of carbonyl (C=O) groups excluding carboxylic acids is 1. The first-order valence-corrected chi connectivity index (χ1v) is 8.18. The predicted octanol–water partition coefficient (Wildman–Crippen LogP) is 2.38. The van der Waals surface area contributed by atoms with Crippen LogP contribution in [0.15, 0.2) is 24.3 Å². The number of imidazole rings is 1. The molecule has 3 rings (SSSR count). The highest BCUT2D eigenvalue weighted by atomic mass is 16.4. The topological polar surface area (TPSA) is 98.3 Å². The monoisotopic (exact) mass is 330 g/mol. The van der Waals surface area contributed by atoms with Crippen molar-refractivity contribution in [1.29, 1.82) is 0 Å². The van der Waals surface area contributed by atoms with E-state index in [-0.39, 0.29) is 24.5 Å². The molecule has 24 heavy (non-hydrogen) atoms. The van der Waals surface area contributed by atoms with Gasteiger partial charge in [-0.05, 0) is 24.5 Å². The summed E-state index contributed by atoms with van der Waals surface area (Å²) < 4.78 is 0. The smallest absolute Gasteiger partial charge is 0.318 e. The van der Waals surface area contributed by atoms with E-state index in [1.807, 2.05) is 38.1 Å². The molecule has 128 valence electrons. The van der Waals surface area contributed by atoms with Crippen LogP contribution in [0.3, 0.4) is 0 Å². The van der Waals surface area contributed by atoms with Crippen LogP contribution in [-0.2, 0) is 4.79 Å². The maximum atomic E-state index is 12.5. The first kappa shape index (κ1) is 16.3. The van der Waals surface area contributed by atoms with Crippen LogP contribution in [-0.4, -0.2) is 45.1 Å². The highest BCUT2D eigenvalue weighted by Crippen LogP contribution is 2.23. The number of urea groups is 1. The fraction of sp³-hybridized carbons (Fsp3) is 0.471. The summed E-state index contributed by atoms with van der Waals surface area (Å²) in [7, 11) is 0. The highest BCUT2D eigenvalue weighted by Gasteiger charge is 2.32. The maximum absolute atomic E-state index is 12.5. The zero-order chi connectivity index (χ0) is 17.3. The highest BCUT2D eigenvalue weighted by molar-refractivity contribution is 5.78. The van der Waals surface area contributed by atoms with Crippen molar-refractivity contribution in [3.05, 3.63) is 30.1 Å². The number of hydrogen-bond acceptors (Lipinski definition) is 3. The number of carbonyl (C=O) groups is 2. The Kier molecular flexibility index (Phi) is 4.42. The number of H-pyrrole nitrogens is 1. The van der Waals surface area contributed by atoms with Gasteiger partial charge in [-0.2, -0.15) is 0 Å². The minimum Gasteiger partial charge on any atom is -0.481 e. The molecule has 1 aliphatic heterocycles. The van der Waals surface area contributed by atoms with Crippen molar-refractivity contribution in [3.8, 4) is 0 Å². The van der Waals surface area contributed by atoms with Crippen molar-refractivity contribution in [2.24, 2.45) is 11.8 Å². The van der Waals surface area contributed by atoms with Crippen LogP contribution in [0.4, 0.5) is 4.79 Å². The van der Waals surface area contributed by atoms with Crippen LogP contribution in [0.1, 0.15) is 32.1 Å². The number of hydrogen-bond donors (Lipinski definition) is 3. The van der Waals surface area contributed by atoms with Crippen LogP contribution >= 0.6 is 0 Å². The van der Waals surface area contributed by atoms with Crippen molar-refractivity contribution >= 4 is 23.0 Å². The molecule has 2 atom stereocenters. The van der Waals surface area contributed by atoms with Gasteiger partial charge in [0.2, 0.25) is 0 Å². The second kappa shape index (κ2) is 6.51. The van der Waals surface area contributed by atoms with Crippen molar-refractivity contribution in [2.75, 3.05) is 13.1 Å². The van der Waals surface area contributed by atoms with E-state index in [1.165, 1.54) is 0 Å². The quantitative estimate of drug-likeness (QED) is 0.801. The van der Waals surface area contributed by atoms with E-state index in [4.69, 9.17) is 5.11 Å². The lowest BCUT2D eigenvalue weighted by atomic mass is 10.0. The molecule has 3 N–H and O–H groups in total. The molecule has 0 bridgehead atoms. The average molecular weight is 330 g/mol. The van der Waals surface area contributed by atoms with Gasteiger partial charge in [-0.3, -0.25) is 4.79 Å². The molecule has 1 aromatic carbocycles. The summed E-state index contributed by atoms with van der Waals surface area (Å²) in [5.41, 5.74) is 1.79. The molecule has 0 spiro atoms. The fourth-order valence-corrected chi connectivity index (χ4v) is 3.04. The van der Waals surface area contributed by atoms with Gasteiger partial charge >= 0.3 is 12.0 Å². The third-order valence-corrected chi connectivity index (χ3v) is 4.47. The lowest BCUT2D eigenvalue weighted by Gasteiger charge is -2.24. The van der Waals surface area contributed by atoms with Crippen LogP contribution in [0.25, 0.3) is 11.0 Å². The molecule has 2 aromatic rings. The Morgan fingerprint density at radius 1 is 1.38 bits per heavy atom. The summed E-state index contributed by atoms with van der Waals surface area (Å²) in [5, 5.41) is 12.1. The van der Waals surface area contributed by atoms with E-state index in [0.717, 1.165) is 11.0 Å². The number of para-hydroxylation sites is 2. The normalized spacial score (nSPS) is 19.0. The molecule has 7 heteroatoms. The molecule has 1 saturated heterocycles. The SMILES string of the molecule is CC(C)C(NC(=O)N1CCC(C(=O)O)C1)c1nc2ccccc2[nH]1. The third-order valence-electron chi connectivity index (χ3n) is 4.47. The average Bonchev–Trinajstić information content (AvgIpc) is 3.18. The number of nitrogens with one attached hydrogen (secondary N) is 2. The number of benzene rings is 1. The summed E-state index contributed by atoms with van der Waals surface area (Å²) >= 11 is 0. The first-order chi connectivity index (χ1) is 11.5. The molecule has 2 heterocycles. The molecule has 2 unspecified atom stereocenters.